The van der Waals surface area contributed by atoms with Gasteiger partial charge >= 0.3 is 0 Å². The quantitative estimate of drug-likeness (QED) is 0.820. The third kappa shape index (κ3) is 3.83. The Kier molecular flexibility index (Phi) is 5.01. The average Bonchev–Trinajstić information content (AvgIpc) is 2.44. The maximum Gasteiger partial charge on any atom is 0.243 e. The maximum atomic E-state index is 12.7. The first-order chi connectivity index (χ1) is 9.93. The molecule has 0 aromatic heterocycles. The zero-order valence-corrected chi connectivity index (χ0v) is 13.1. The van der Waals surface area contributed by atoms with Crippen LogP contribution in [0.2, 0.25) is 0 Å². The van der Waals surface area contributed by atoms with Crippen molar-refractivity contribution in [2.45, 2.75) is 31.0 Å². The predicted octanol–water partition coefficient (Wildman–Crippen LogP) is 0.795. The first kappa shape index (κ1) is 16.0. The third-order valence-corrected chi connectivity index (χ3v) is 5.02. The van der Waals surface area contributed by atoms with Gasteiger partial charge in [-0.05, 0) is 32.0 Å². The Morgan fingerprint density at radius 1 is 1.33 bits per heavy atom. The van der Waals surface area contributed by atoms with Gasteiger partial charge in [-0.3, -0.25) is 0 Å². The van der Waals surface area contributed by atoms with Gasteiger partial charge < -0.3 is 10.5 Å². The van der Waals surface area contributed by atoms with E-state index < -0.39 is 10.0 Å². The van der Waals surface area contributed by atoms with E-state index >= 15 is 0 Å². The Morgan fingerprint density at radius 2 is 2.00 bits per heavy atom. The molecule has 6 heteroatoms. The number of nitrogens with zero attached hydrogens (tertiary/aromatic N) is 1. The molecule has 2 rings (SSSR count). The molecule has 2 unspecified atom stereocenters. The molecule has 1 saturated heterocycles. The standard InChI is InChI=1S/C15H20N2O3S/c1-12-10-17(11-13(2)20-12)21(18,19)15-7-3-5-14(9-15)6-4-8-16/h3,5,7,9,12-13H,8,10-11,16H2,1-2H3. The molecule has 1 aliphatic heterocycles. The number of hydrogen-bond acceptors (Lipinski definition) is 4. The Balaban J connectivity index is 2.31. The van der Waals surface area contributed by atoms with Crippen LogP contribution in [0.25, 0.3) is 0 Å². The van der Waals surface area contributed by atoms with Crippen LogP contribution in [-0.2, 0) is 14.8 Å². The molecule has 1 fully saturated rings. The van der Waals surface area contributed by atoms with Crippen LogP contribution in [-0.4, -0.2) is 44.6 Å². The molecule has 0 radical (unpaired) electrons. The van der Waals surface area contributed by atoms with Crippen LogP contribution in [0.4, 0.5) is 0 Å². The summed E-state index contributed by atoms with van der Waals surface area (Å²) in [5.74, 6) is 5.58. The van der Waals surface area contributed by atoms with Gasteiger partial charge in [0.25, 0.3) is 0 Å². The zero-order chi connectivity index (χ0) is 15.5. The minimum absolute atomic E-state index is 0.108. The van der Waals surface area contributed by atoms with E-state index in [1.807, 2.05) is 13.8 Å². The molecule has 0 bridgehead atoms. The second kappa shape index (κ2) is 6.58. The minimum Gasteiger partial charge on any atom is -0.373 e. The van der Waals surface area contributed by atoms with Gasteiger partial charge in [0.2, 0.25) is 10.0 Å². The van der Waals surface area contributed by atoms with E-state index in [4.69, 9.17) is 10.5 Å². The number of nitrogens with two attached hydrogens (primary N) is 1. The summed E-state index contributed by atoms with van der Waals surface area (Å²) >= 11 is 0. The molecule has 0 saturated carbocycles. The molecule has 1 aromatic rings. The van der Waals surface area contributed by atoms with Gasteiger partial charge in [0.05, 0.1) is 23.6 Å². The van der Waals surface area contributed by atoms with Gasteiger partial charge in [0.1, 0.15) is 0 Å². The molecule has 1 aliphatic rings. The van der Waals surface area contributed by atoms with Gasteiger partial charge in [-0.25, -0.2) is 8.42 Å². The zero-order valence-electron chi connectivity index (χ0n) is 12.2. The fourth-order valence-electron chi connectivity index (χ4n) is 2.36. The van der Waals surface area contributed by atoms with Crippen molar-refractivity contribution in [2.24, 2.45) is 5.73 Å². The number of benzene rings is 1. The molecule has 2 N–H and O–H groups in total. The second-order valence-electron chi connectivity index (χ2n) is 5.11. The van der Waals surface area contributed by atoms with Crippen molar-refractivity contribution >= 4 is 10.0 Å². The summed E-state index contributed by atoms with van der Waals surface area (Å²) in [6, 6.07) is 6.64. The highest BCUT2D eigenvalue weighted by Crippen LogP contribution is 2.21. The minimum atomic E-state index is -3.52. The van der Waals surface area contributed by atoms with Gasteiger partial charge in [-0.1, -0.05) is 17.9 Å². The lowest BCUT2D eigenvalue weighted by Crippen LogP contribution is -2.48. The normalized spacial score (nSPS) is 23.4. The lowest BCUT2D eigenvalue weighted by molar-refractivity contribution is -0.0440. The molecule has 2 atom stereocenters. The van der Waals surface area contributed by atoms with Crippen LogP contribution in [0.3, 0.4) is 0 Å². The highest BCUT2D eigenvalue weighted by atomic mass is 32.2. The fraction of sp³-hybridized carbons (Fsp3) is 0.467. The summed E-state index contributed by atoms with van der Waals surface area (Å²) in [6.45, 7) is 4.73. The van der Waals surface area contributed by atoms with E-state index in [9.17, 15) is 8.42 Å². The van der Waals surface area contributed by atoms with E-state index in [1.54, 1.807) is 24.3 Å². The van der Waals surface area contributed by atoms with Gasteiger partial charge in [0.15, 0.2) is 0 Å². The smallest absolute Gasteiger partial charge is 0.243 e. The van der Waals surface area contributed by atoms with Crippen LogP contribution in [0.5, 0.6) is 0 Å². The molecule has 0 spiro atoms. The monoisotopic (exact) mass is 308 g/mol. The van der Waals surface area contributed by atoms with Crippen molar-refractivity contribution in [3.63, 3.8) is 0 Å². The van der Waals surface area contributed by atoms with E-state index in [-0.39, 0.29) is 23.6 Å². The maximum absolute atomic E-state index is 12.7. The van der Waals surface area contributed by atoms with Crippen molar-refractivity contribution in [1.82, 2.24) is 4.31 Å². The summed E-state index contributed by atoms with van der Waals surface area (Å²) in [6.07, 6.45) is -0.215. The topological polar surface area (TPSA) is 72.6 Å². The van der Waals surface area contributed by atoms with Crippen molar-refractivity contribution in [2.75, 3.05) is 19.6 Å². The van der Waals surface area contributed by atoms with Crippen molar-refractivity contribution in [1.29, 1.82) is 0 Å². The highest BCUT2D eigenvalue weighted by Gasteiger charge is 2.32. The summed E-state index contributed by atoms with van der Waals surface area (Å²) in [4.78, 5) is 0.257. The van der Waals surface area contributed by atoms with E-state index in [0.29, 0.717) is 18.7 Å². The first-order valence-corrected chi connectivity index (χ1v) is 8.32. The molecule has 114 valence electrons. The number of morpholine rings is 1. The van der Waals surface area contributed by atoms with Gasteiger partial charge in [-0.15, -0.1) is 0 Å². The van der Waals surface area contributed by atoms with Gasteiger partial charge in [-0.2, -0.15) is 4.31 Å². The average molecular weight is 308 g/mol. The van der Waals surface area contributed by atoms with E-state index in [2.05, 4.69) is 11.8 Å². The molecule has 21 heavy (non-hydrogen) atoms. The Morgan fingerprint density at radius 3 is 2.62 bits per heavy atom. The van der Waals surface area contributed by atoms with Gasteiger partial charge in [0, 0.05) is 18.7 Å². The molecule has 0 amide bonds. The van der Waals surface area contributed by atoms with Crippen molar-refractivity contribution in [3.8, 4) is 11.8 Å². The Hall–Kier alpha value is -1.39. The largest absolute Gasteiger partial charge is 0.373 e. The number of ether oxygens (including phenoxy) is 1. The lowest BCUT2D eigenvalue weighted by atomic mass is 10.2. The fourth-order valence-corrected chi connectivity index (χ4v) is 4.00. The number of hydrogen-bond donors (Lipinski definition) is 1. The summed E-state index contributed by atoms with van der Waals surface area (Å²) in [5, 5.41) is 0. The third-order valence-electron chi connectivity index (χ3n) is 3.19. The SMILES string of the molecule is CC1CN(S(=O)(=O)c2cccc(C#CCN)c2)CC(C)O1. The lowest BCUT2D eigenvalue weighted by Gasteiger charge is -2.34. The van der Waals surface area contributed by atoms with Crippen molar-refractivity contribution < 1.29 is 13.2 Å². The molecule has 1 heterocycles. The van der Waals surface area contributed by atoms with Crippen LogP contribution >= 0.6 is 0 Å². The first-order valence-electron chi connectivity index (χ1n) is 6.88. The van der Waals surface area contributed by atoms with Crippen molar-refractivity contribution in [3.05, 3.63) is 29.8 Å². The van der Waals surface area contributed by atoms with Crippen LogP contribution < -0.4 is 5.73 Å². The summed E-state index contributed by atoms with van der Waals surface area (Å²) in [5.41, 5.74) is 5.98. The summed E-state index contributed by atoms with van der Waals surface area (Å²) in [7, 11) is -3.52. The number of sulfonamides is 1. The Labute approximate surface area is 126 Å². The second-order valence-corrected chi connectivity index (χ2v) is 7.05. The van der Waals surface area contributed by atoms with E-state index in [1.165, 1.54) is 4.31 Å². The summed E-state index contributed by atoms with van der Waals surface area (Å²) < 4.78 is 32.5. The van der Waals surface area contributed by atoms with E-state index in [0.717, 1.165) is 0 Å². The predicted molar refractivity (Wildman–Crippen MR) is 81.1 cm³/mol. The van der Waals surface area contributed by atoms with Crippen LogP contribution in [0, 0.1) is 11.8 Å². The molecule has 0 aliphatic carbocycles. The molecule has 5 nitrogen and oxygen atoms in total. The Bertz CT molecular complexity index is 651. The van der Waals surface area contributed by atoms with Crippen LogP contribution in [0.15, 0.2) is 29.2 Å². The number of rotatable bonds is 2. The molecular weight excluding hydrogens is 288 g/mol. The van der Waals surface area contributed by atoms with Crippen LogP contribution in [0.1, 0.15) is 19.4 Å². The molecule has 1 aromatic carbocycles. The molecular formula is C15H20N2O3S. The highest BCUT2D eigenvalue weighted by molar-refractivity contribution is 7.89.